The zero-order valence-electron chi connectivity index (χ0n) is 11.3. The Labute approximate surface area is 128 Å². The lowest BCUT2D eigenvalue weighted by atomic mass is 10.1. The third kappa shape index (κ3) is 2.51. The number of halogens is 6. The van der Waals surface area contributed by atoms with Crippen molar-refractivity contribution in [2.24, 2.45) is 0 Å². The van der Waals surface area contributed by atoms with Crippen LogP contribution in [0, 0.1) is 0 Å². The first-order valence-electron chi connectivity index (χ1n) is 6.19. The summed E-state index contributed by atoms with van der Waals surface area (Å²) < 4.78 is 78.7. The van der Waals surface area contributed by atoms with Crippen LogP contribution in [0.2, 0.25) is 0 Å². The lowest BCUT2D eigenvalue weighted by Crippen LogP contribution is -2.14. The minimum Gasteiger partial charge on any atom is -0.476 e. The molecular formula is C13H5F6N3O2. The predicted molar refractivity (Wildman–Crippen MR) is 67.5 cm³/mol. The van der Waals surface area contributed by atoms with E-state index in [-0.39, 0.29) is 11.7 Å². The largest absolute Gasteiger partial charge is 0.476 e. The van der Waals surface area contributed by atoms with Crippen LogP contribution in [0.4, 0.5) is 26.3 Å². The molecule has 0 spiro atoms. The standard InChI is InChI=1S/C13H5F6N3O2/c14-12(15,16)6-3-8(13(17,18)19)21-10-5(6)1-2-9-20-7(11(23)24)4-22(9)10/h1-4H,(H,23,24). The Morgan fingerprint density at radius 2 is 1.71 bits per heavy atom. The average molecular weight is 349 g/mol. The van der Waals surface area contributed by atoms with E-state index in [9.17, 15) is 31.1 Å². The predicted octanol–water partition coefficient (Wildman–Crippen LogP) is 3.62. The molecule has 0 radical (unpaired) electrons. The second-order valence-corrected chi connectivity index (χ2v) is 4.78. The Kier molecular flexibility index (Phi) is 3.22. The molecule has 0 aliphatic carbocycles. The number of carboxylic acid groups (broad SMARTS) is 1. The molecule has 0 aliphatic rings. The fraction of sp³-hybridized carbons (Fsp3) is 0.154. The quantitative estimate of drug-likeness (QED) is 0.682. The number of nitrogens with zero attached hydrogens (tertiary/aromatic N) is 3. The second-order valence-electron chi connectivity index (χ2n) is 4.78. The van der Waals surface area contributed by atoms with Gasteiger partial charge in [-0.25, -0.2) is 14.8 Å². The van der Waals surface area contributed by atoms with E-state index in [2.05, 4.69) is 9.97 Å². The van der Waals surface area contributed by atoms with Gasteiger partial charge in [-0.2, -0.15) is 26.3 Å². The molecule has 0 saturated heterocycles. The van der Waals surface area contributed by atoms with E-state index >= 15 is 0 Å². The summed E-state index contributed by atoms with van der Waals surface area (Å²) in [5.41, 5.74) is -4.61. The smallest absolute Gasteiger partial charge is 0.433 e. The zero-order valence-corrected chi connectivity index (χ0v) is 11.3. The van der Waals surface area contributed by atoms with Gasteiger partial charge in [-0.15, -0.1) is 0 Å². The van der Waals surface area contributed by atoms with Gasteiger partial charge in [-0.05, 0) is 18.2 Å². The van der Waals surface area contributed by atoms with Gasteiger partial charge >= 0.3 is 18.3 Å². The van der Waals surface area contributed by atoms with Crippen LogP contribution in [-0.2, 0) is 12.4 Å². The van der Waals surface area contributed by atoms with Crippen LogP contribution < -0.4 is 0 Å². The maximum Gasteiger partial charge on any atom is 0.433 e. The molecule has 0 bridgehead atoms. The summed E-state index contributed by atoms with van der Waals surface area (Å²) >= 11 is 0. The van der Waals surface area contributed by atoms with E-state index < -0.39 is 46.3 Å². The molecule has 3 rings (SSSR count). The van der Waals surface area contributed by atoms with Crippen molar-refractivity contribution in [3.8, 4) is 0 Å². The van der Waals surface area contributed by atoms with Crippen molar-refractivity contribution in [3.05, 3.63) is 41.3 Å². The molecule has 0 aliphatic heterocycles. The molecule has 3 aromatic heterocycles. The van der Waals surface area contributed by atoms with E-state index in [0.29, 0.717) is 0 Å². The maximum atomic E-state index is 13.1. The highest BCUT2D eigenvalue weighted by Gasteiger charge is 2.39. The summed E-state index contributed by atoms with van der Waals surface area (Å²) in [4.78, 5) is 17.7. The van der Waals surface area contributed by atoms with Crippen molar-refractivity contribution in [3.63, 3.8) is 0 Å². The number of carbonyl (C=O) groups is 1. The van der Waals surface area contributed by atoms with Gasteiger partial charge in [-0.3, -0.25) is 4.40 Å². The lowest BCUT2D eigenvalue weighted by molar-refractivity contribution is -0.144. The van der Waals surface area contributed by atoms with Crippen molar-refractivity contribution in [1.82, 2.24) is 14.4 Å². The van der Waals surface area contributed by atoms with Crippen LogP contribution in [0.3, 0.4) is 0 Å². The van der Waals surface area contributed by atoms with E-state index in [1.165, 1.54) is 0 Å². The molecule has 0 amide bonds. The summed E-state index contributed by atoms with van der Waals surface area (Å²) in [6, 6.07) is 1.89. The molecule has 0 saturated carbocycles. The highest BCUT2D eigenvalue weighted by Crippen LogP contribution is 2.38. The van der Waals surface area contributed by atoms with E-state index in [4.69, 9.17) is 5.11 Å². The Morgan fingerprint density at radius 1 is 1.04 bits per heavy atom. The number of aromatic nitrogens is 3. The van der Waals surface area contributed by atoms with Gasteiger partial charge in [0.05, 0.1) is 5.56 Å². The van der Waals surface area contributed by atoms with Crippen LogP contribution in [-0.4, -0.2) is 25.4 Å². The third-order valence-electron chi connectivity index (χ3n) is 3.21. The van der Waals surface area contributed by atoms with Crippen LogP contribution in [0.15, 0.2) is 24.4 Å². The number of pyridine rings is 2. The molecule has 1 N–H and O–H groups in total. The normalized spacial score (nSPS) is 12.9. The number of aromatic carboxylic acids is 1. The Bertz CT molecular complexity index is 974. The molecule has 126 valence electrons. The number of hydrogen-bond acceptors (Lipinski definition) is 3. The van der Waals surface area contributed by atoms with Crippen molar-refractivity contribution >= 4 is 22.6 Å². The van der Waals surface area contributed by atoms with Gasteiger partial charge in [-0.1, -0.05) is 0 Å². The highest BCUT2D eigenvalue weighted by atomic mass is 19.4. The molecule has 11 heteroatoms. The first-order chi connectivity index (χ1) is 11.0. The van der Waals surface area contributed by atoms with Gasteiger partial charge < -0.3 is 5.11 Å². The zero-order chi connectivity index (χ0) is 17.9. The van der Waals surface area contributed by atoms with Gasteiger partial charge in [0.2, 0.25) is 0 Å². The molecule has 0 aromatic carbocycles. The average Bonchev–Trinajstić information content (AvgIpc) is 2.88. The monoisotopic (exact) mass is 349 g/mol. The lowest BCUT2D eigenvalue weighted by Gasteiger charge is -2.14. The Hall–Kier alpha value is -2.85. The summed E-state index contributed by atoms with van der Waals surface area (Å²) in [6.07, 6.45) is -9.34. The summed E-state index contributed by atoms with van der Waals surface area (Å²) in [5.74, 6) is -1.48. The van der Waals surface area contributed by atoms with E-state index in [1.54, 1.807) is 0 Å². The number of rotatable bonds is 1. The van der Waals surface area contributed by atoms with Crippen LogP contribution >= 0.6 is 0 Å². The minimum atomic E-state index is -5.10. The highest BCUT2D eigenvalue weighted by molar-refractivity contribution is 5.88. The van der Waals surface area contributed by atoms with Gasteiger partial charge in [0.25, 0.3) is 0 Å². The van der Waals surface area contributed by atoms with Crippen LogP contribution in [0.25, 0.3) is 16.7 Å². The van der Waals surface area contributed by atoms with Gasteiger partial charge in [0, 0.05) is 11.6 Å². The Morgan fingerprint density at radius 3 is 2.25 bits per heavy atom. The Balaban J connectivity index is 2.47. The third-order valence-corrected chi connectivity index (χ3v) is 3.21. The van der Waals surface area contributed by atoms with Gasteiger partial charge in [0.15, 0.2) is 5.69 Å². The van der Waals surface area contributed by atoms with Crippen LogP contribution in [0.5, 0.6) is 0 Å². The van der Waals surface area contributed by atoms with Crippen molar-refractivity contribution in [1.29, 1.82) is 0 Å². The number of hydrogen-bond donors (Lipinski definition) is 1. The second kappa shape index (κ2) is 4.82. The molecule has 0 unspecified atom stereocenters. The van der Waals surface area contributed by atoms with Crippen molar-refractivity contribution in [2.45, 2.75) is 12.4 Å². The first-order valence-corrected chi connectivity index (χ1v) is 6.19. The number of carboxylic acids is 1. The fourth-order valence-corrected chi connectivity index (χ4v) is 2.21. The number of imidazole rings is 1. The maximum absolute atomic E-state index is 13.1. The number of fused-ring (bicyclic) bond motifs is 3. The molecule has 5 nitrogen and oxygen atoms in total. The first kappa shape index (κ1) is 16.0. The van der Waals surface area contributed by atoms with Crippen LogP contribution in [0.1, 0.15) is 21.7 Å². The molecule has 3 heterocycles. The molecule has 3 aromatic rings. The van der Waals surface area contributed by atoms with Gasteiger partial charge in [0.1, 0.15) is 17.0 Å². The topological polar surface area (TPSA) is 67.5 Å². The summed E-state index contributed by atoms with van der Waals surface area (Å²) in [5, 5.41) is 8.27. The number of alkyl halides is 6. The fourth-order valence-electron chi connectivity index (χ4n) is 2.21. The van der Waals surface area contributed by atoms with Crippen molar-refractivity contribution in [2.75, 3.05) is 0 Å². The summed E-state index contributed by atoms with van der Waals surface area (Å²) in [7, 11) is 0. The minimum absolute atomic E-state index is 0.0802. The summed E-state index contributed by atoms with van der Waals surface area (Å²) in [6.45, 7) is 0. The van der Waals surface area contributed by atoms with E-state index in [1.807, 2.05) is 0 Å². The molecular weight excluding hydrogens is 344 g/mol. The van der Waals surface area contributed by atoms with Crippen molar-refractivity contribution < 1.29 is 36.2 Å². The SMILES string of the molecule is O=C(O)c1cn2c(ccc3c(C(F)(F)F)cc(C(F)(F)F)nc32)n1. The molecule has 0 fully saturated rings. The van der Waals surface area contributed by atoms with E-state index in [0.717, 1.165) is 22.7 Å². The molecule has 0 atom stereocenters. The molecule has 24 heavy (non-hydrogen) atoms.